The average Bonchev–Trinajstić information content (AvgIpc) is 3.09. The number of aromatic nitrogens is 3. The molecule has 1 aliphatic heterocycles. The second-order valence-electron chi connectivity index (χ2n) is 6.34. The second kappa shape index (κ2) is 7.11. The van der Waals surface area contributed by atoms with Gasteiger partial charge in [-0.15, -0.1) is 0 Å². The first-order valence-corrected chi connectivity index (χ1v) is 8.80. The number of amides is 1. The van der Waals surface area contributed by atoms with Gasteiger partial charge < -0.3 is 14.8 Å². The lowest BCUT2D eigenvalue weighted by Gasteiger charge is -2.19. The van der Waals surface area contributed by atoms with E-state index in [1.807, 2.05) is 32.0 Å². The summed E-state index contributed by atoms with van der Waals surface area (Å²) in [4.78, 5) is 17.0. The fourth-order valence-electron chi connectivity index (χ4n) is 3.10. The van der Waals surface area contributed by atoms with Crippen molar-refractivity contribution in [3.8, 4) is 17.3 Å². The van der Waals surface area contributed by atoms with E-state index in [0.717, 1.165) is 17.1 Å². The highest BCUT2D eigenvalue weighted by Crippen LogP contribution is 2.31. The Morgan fingerprint density at radius 1 is 1.19 bits per heavy atom. The summed E-state index contributed by atoms with van der Waals surface area (Å²) in [5, 5.41) is 7.43. The van der Waals surface area contributed by atoms with Crippen LogP contribution in [0, 0.1) is 6.92 Å². The first kappa shape index (κ1) is 17.1. The van der Waals surface area contributed by atoms with Gasteiger partial charge in [0.25, 0.3) is 5.91 Å². The van der Waals surface area contributed by atoms with Crippen molar-refractivity contribution in [3.63, 3.8) is 0 Å². The molecule has 138 valence electrons. The maximum Gasteiger partial charge on any atom is 0.251 e. The van der Waals surface area contributed by atoms with Crippen molar-refractivity contribution in [1.82, 2.24) is 20.1 Å². The smallest absolute Gasteiger partial charge is 0.251 e. The molecule has 7 nitrogen and oxygen atoms in total. The maximum atomic E-state index is 12.7. The molecule has 0 saturated heterocycles. The van der Waals surface area contributed by atoms with Crippen LogP contribution in [0.3, 0.4) is 0 Å². The van der Waals surface area contributed by atoms with Crippen molar-refractivity contribution < 1.29 is 14.3 Å². The van der Waals surface area contributed by atoms with E-state index in [0.29, 0.717) is 30.3 Å². The van der Waals surface area contributed by atoms with Crippen LogP contribution in [0.15, 0.2) is 48.8 Å². The van der Waals surface area contributed by atoms with E-state index in [-0.39, 0.29) is 11.9 Å². The lowest BCUT2D eigenvalue weighted by atomic mass is 10.1. The second-order valence-corrected chi connectivity index (χ2v) is 6.34. The van der Waals surface area contributed by atoms with Gasteiger partial charge in [0, 0.05) is 23.0 Å². The van der Waals surface area contributed by atoms with Gasteiger partial charge in [-0.3, -0.25) is 4.79 Å². The minimum atomic E-state index is -0.205. The van der Waals surface area contributed by atoms with E-state index < -0.39 is 0 Å². The van der Waals surface area contributed by atoms with Crippen LogP contribution in [-0.2, 0) is 0 Å². The summed E-state index contributed by atoms with van der Waals surface area (Å²) in [5.74, 6) is 1.83. The molecule has 0 radical (unpaired) electrons. The van der Waals surface area contributed by atoms with Gasteiger partial charge in [-0.2, -0.15) is 5.10 Å². The standard InChI is InChI=1S/C20H20N4O3/c1-13(16-12-22-24(14(16)2)19-5-3-4-8-21-19)23-20(25)15-6-7-17-18(11-15)27-10-9-26-17/h3-8,11-13H,9-10H2,1-2H3,(H,23,25)/t13-/m0/s1. The SMILES string of the molecule is Cc1c([C@H](C)NC(=O)c2ccc3c(c2)OCCO3)cnn1-c1ccccn1. The van der Waals surface area contributed by atoms with Gasteiger partial charge in [-0.25, -0.2) is 9.67 Å². The monoisotopic (exact) mass is 364 g/mol. The van der Waals surface area contributed by atoms with E-state index in [4.69, 9.17) is 9.47 Å². The molecule has 1 aromatic carbocycles. The lowest BCUT2D eigenvalue weighted by molar-refractivity contribution is 0.0938. The molecule has 27 heavy (non-hydrogen) atoms. The van der Waals surface area contributed by atoms with Crippen LogP contribution < -0.4 is 14.8 Å². The first-order chi connectivity index (χ1) is 13.1. The predicted octanol–water partition coefficient (Wildman–Crippen LogP) is 2.84. The third-order valence-corrected chi connectivity index (χ3v) is 4.53. The quantitative estimate of drug-likeness (QED) is 0.770. The van der Waals surface area contributed by atoms with Gasteiger partial charge in [0.2, 0.25) is 0 Å². The molecule has 1 amide bonds. The summed E-state index contributed by atoms with van der Waals surface area (Å²) in [6, 6.07) is 10.7. The molecule has 1 atom stereocenters. The van der Waals surface area contributed by atoms with Gasteiger partial charge in [0.1, 0.15) is 13.2 Å². The lowest BCUT2D eigenvalue weighted by Crippen LogP contribution is -2.27. The number of hydrogen-bond acceptors (Lipinski definition) is 5. The first-order valence-electron chi connectivity index (χ1n) is 8.80. The van der Waals surface area contributed by atoms with Crippen molar-refractivity contribution in [2.24, 2.45) is 0 Å². The number of benzene rings is 1. The number of carbonyl (C=O) groups excluding carboxylic acids is 1. The zero-order valence-electron chi connectivity index (χ0n) is 15.2. The van der Waals surface area contributed by atoms with Crippen molar-refractivity contribution in [3.05, 3.63) is 65.6 Å². The Balaban J connectivity index is 1.52. The van der Waals surface area contributed by atoms with Crippen molar-refractivity contribution in [2.45, 2.75) is 19.9 Å². The Morgan fingerprint density at radius 3 is 2.78 bits per heavy atom. The van der Waals surface area contributed by atoms with E-state index in [9.17, 15) is 4.79 Å². The van der Waals surface area contributed by atoms with Crippen molar-refractivity contribution in [1.29, 1.82) is 0 Å². The summed E-state index contributed by atoms with van der Waals surface area (Å²) in [5.41, 5.74) is 2.40. The molecule has 0 aliphatic carbocycles. The highest BCUT2D eigenvalue weighted by Gasteiger charge is 2.19. The third kappa shape index (κ3) is 3.36. The molecule has 2 aromatic heterocycles. The number of rotatable bonds is 4. The normalized spacial score (nSPS) is 13.9. The topological polar surface area (TPSA) is 78.3 Å². The van der Waals surface area contributed by atoms with Gasteiger partial charge in [-0.1, -0.05) is 6.07 Å². The number of pyridine rings is 1. The Kier molecular flexibility index (Phi) is 4.50. The predicted molar refractivity (Wildman–Crippen MR) is 99.4 cm³/mol. The number of hydrogen-bond donors (Lipinski definition) is 1. The molecule has 7 heteroatoms. The zero-order chi connectivity index (χ0) is 18.8. The van der Waals surface area contributed by atoms with Gasteiger partial charge >= 0.3 is 0 Å². The Morgan fingerprint density at radius 2 is 2.00 bits per heavy atom. The molecule has 0 spiro atoms. The summed E-state index contributed by atoms with van der Waals surface area (Å²) in [6.07, 6.45) is 3.49. The van der Waals surface area contributed by atoms with Crippen LogP contribution in [0.1, 0.15) is 34.6 Å². The van der Waals surface area contributed by atoms with E-state index in [1.54, 1.807) is 35.3 Å². The van der Waals surface area contributed by atoms with E-state index >= 15 is 0 Å². The molecular weight excluding hydrogens is 344 g/mol. The Labute approximate surface area is 156 Å². The molecule has 0 unspecified atom stereocenters. The number of carbonyl (C=O) groups is 1. The number of fused-ring (bicyclic) bond motifs is 1. The minimum absolute atomic E-state index is 0.176. The molecular formula is C20H20N4O3. The summed E-state index contributed by atoms with van der Waals surface area (Å²) >= 11 is 0. The molecule has 0 saturated carbocycles. The van der Waals surface area contributed by atoms with E-state index in [2.05, 4.69) is 15.4 Å². The summed E-state index contributed by atoms with van der Waals surface area (Å²) in [6.45, 7) is 4.90. The molecule has 4 rings (SSSR count). The zero-order valence-corrected chi connectivity index (χ0v) is 15.2. The Hall–Kier alpha value is -3.35. The maximum absolute atomic E-state index is 12.7. The molecule has 1 N–H and O–H groups in total. The molecule has 0 fully saturated rings. The van der Waals surface area contributed by atoms with Crippen molar-refractivity contribution in [2.75, 3.05) is 13.2 Å². The van der Waals surface area contributed by atoms with Crippen molar-refractivity contribution >= 4 is 5.91 Å². The average molecular weight is 364 g/mol. The minimum Gasteiger partial charge on any atom is -0.486 e. The van der Waals surface area contributed by atoms with Crippen LogP contribution >= 0.6 is 0 Å². The molecule has 3 aromatic rings. The fraction of sp³-hybridized carbons (Fsp3) is 0.250. The van der Waals surface area contributed by atoms with Crippen LogP contribution in [0.2, 0.25) is 0 Å². The number of ether oxygens (including phenoxy) is 2. The largest absolute Gasteiger partial charge is 0.486 e. The highest BCUT2D eigenvalue weighted by atomic mass is 16.6. The van der Waals surface area contributed by atoms with Gasteiger partial charge in [0.05, 0.1) is 12.2 Å². The van der Waals surface area contributed by atoms with Gasteiger partial charge in [-0.05, 0) is 44.2 Å². The van der Waals surface area contributed by atoms with Crippen LogP contribution in [0.25, 0.3) is 5.82 Å². The highest BCUT2D eigenvalue weighted by molar-refractivity contribution is 5.95. The third-order valence-electron chi connectivity index (χ3n) is 4.53. The van der Waals surface area contributed by atoms with Gasteiger partial charge in [0.15, 0.2) is 17.3 Å². The summed E-state index contributed by atoms with van der Waals surface area (Å²) in [7, 11) is 0. The van der Waals surface area contributed by atoms with Crippen LogP contribution in [-0.4, -0.2) is 33.9 Å². The molecule has 3 heterocycles. The summed E-state index contributed by atoms with van der Waals surface area (Å²) < 4.78 is 12.8. The number of nitrogens with zero attached hydrogens (tertiary/aromatic N) is 3. The van der Waals surface area contributed by atoms with Crippen LogP contribution in [0.5, 0.6) is 11.5 Å². The van der Waals surface area contributed by atoms with E-state index in [1.165, 1.54) is 0 Å². The Bertz CT molecular complexity index is 969. The molecule has 1 aliphatic rings. The van der Waals surface area contributed by atoms with Crippen LogP contribution in [0.4, 0.5) is 0 Å². The fourth-order valence-corrected chi connectivity index (χ4v) is 3.10. The molecule has 0 bridgehead atoms. The number of nitrogens with one attached hydrogen (secondary N) is 1.